The van der Waals surface area contributed by atoms with E-state index < -0.39 is 53.1 Å². The maximum atomic E-state index is 12.5. The summed E-state index contributed by atoms with van der Waals surface area (Å²) < 4.78 is 36.5. The van der Waals surface area contributed by atoms with Gasteiger partial charge in [-0.05, 0) is 0 Å². The second-order valence-electron chi connectivity index (χ2n) is 3.66. The van der Waals surface area contributed by atoms with Gasteiger partial charge >= 0.3 is 6.30 Å². The topological polar surface area (TPSA) is 104 Å². The summed E-state index contributed by atoms with van der Waals surface area (Å²) >= 11 is 7.57. The van der Waals surface area contributed by atoms with Gasteiger partial charge in [0.2, 0.25) is 0 Å². The molecule has 0 aliphatic heterocycles. The molecule has 0 amide bonds. The molecule has 114 valence electrons. The maximum absolute atomic E-state index is 12.5. The van der Waals surface area contributed by atoms with Crippen molar-refractivity contribution in [1.29, 1.82) is 0 Å². The molecule has 19 heavy (non-hydrogen) atoms. The Balaban J connectivity index is 4.74. The van der Waals surface area contributed by atoms with Crippen LogP contribution in [0.2, 0.25) is 0 Å². The number of hydrogen-bond donors (Lipinski definition) is 6. The minimum atomic E-state index is -4.92. The number of alkyl halides is 3. The van der Waals surface area contributed by atoms with E-state index in [2.05, 4.69) is 24.8 Å². The predicted molar refractivity (Wildman–Crippen MR) is 65.5 cm³/mol. The van der Waals surface area contributed by atoms with Gasteiger partial charge in [0, 0.05) is 0 Å². The van der Waals surface area contributed by atoms with E-state index in [1.165, 1.54) is 0 Å². The van der Waals surface area contributed by atoms with Gasteiger partial charge < -0.3 is 25.5 Å². The lowest BCUT2D eigenvalue weighted by Crippen LogP contribution is -2.52. The van der Waals surface area contributed by atoms with Crippen molar-refractivity contribution in [1.82, 2.24) is 4.90 Å². The molecule has 4 unspecified atom stereocenters. The Labute approximate surface area is 117 Å². The standard InChI is InChI=1S/C8H14F3NO5S2/c9-8(10,11)12(7(18)19)1-3(14)5(16)6(17)4(15)2-13/h3-6,13-17H,1-2H2,(H,18,19). The number of thiol groups is 1. The van der Waals surface area contributed by atoms with Crippen LogP contribution in [0.25, 0.3) is 0 Å². The maximum Gasteiger partial charge on any atom is 0.486 e. The molecule has 0 aromatic rings. The summed E-state index contributed by atoms with van der Waals surface area (Å²) in [5.41, 5.74) is 0. The highest BCUT2D eigenvalue weighted by Crippen LogP contribution is 2.24. The molecule has 0 aliphatic carbocycles. The first-order valence-corrected chi connectivity index (χ1v) is 5.78. The lowest BCUT2D eigenvalue weighted by Gasteiger charge is -2.31. The Kier molecular flexibility index (Phi) is 7.50. The highest BCUT2D eigenvalue weighted by atomic mass is 32.1. The molecular formula is C8H14F3NO5S2. The third-order valence-corrected chi connectivity index (χ3v) is 2.69. The fraction of sp³-hybridized carbons (Fsp3) is 0.875. The molecule has 0 saturated heterocycles. The van der Waals surface area contributed by atoms with Crippen LogP contribution >= 0.6 is 24.8 Å². The van der Waals surface area contributed by atoms with Crippen molar-refractivity contribution in [3.05, 3.63) is 0 Å². The van der Waals surface area contributed by atoms with Gasteiger partial charge in [0.15, 0.2) is 0 Å². The largest absolute Gasteiger partial charge is 0.486 e. The van der Waals surface area contributed by atoms with Gasteiger partial charge in [-0.25, -0.2) is 0 Å². The van der Waals surface area contributed by atoms with E-state index in [1.807, 2.05) is 0 Å². The van der Waals surface area contributed by atoms with Crippen molar-refractivity contribution < 1.29 is 38.7 Å². The number of rotatable bonds is 6. The van der Waals surface area contributed by atoms with Gasteiger partial charge in [-0.2, -0.15) is 13.2 Å². The Bertz CT molecular complexity index is 307. The van der Waals surface area contributed by atoms with Crippen molar-refractivity contribution in [2.75, 3.05) is 13.2 Å². The van der Waals surface area contributed by atoms with E-state index in [-0.39, 0.29) is 0 Å². The molecule has 0 aromatic heterocycles. The van der Waals surface area contributed by atoms with Crippen LogP contribution in [0.3, 0.4) is 0 Å². The first kappa shape index (κ1) is 18.8. The molecule has 0 aromatic carbocycles. The molecule has 4 atom stereocenters. The molecule has 0 saturated carbocycles. The lowest BCUT2D eigenvalue weighted by atomic mass is 10.0. The van der Waals surface area contributed by atoms with Gasteiger partial charge in [0.1, 0.15) is 28.7 Å². The molecule has 6 nitrogen and oxygen atoms in total. The number of nitrogens with zero attached hydrogens (tertiary/aromatic N) is 1. The highest BCUT2D eigenvalue weighted by molar-refractivity contribution is 8.10. The van der Waals surface area contributed by atoms with Crippen molar-refractivity contribution >= 4 is 29.2 Å². The fourth-order valence-electron chi connectivity index (χ4n) is 1.15. The van der Waals surface area contributed by atoms with E-state index >= 15 is 0 Å². The Morgan fingerprint density at radius 2 is 1.53 bits per heavy atom. The van der Waals surface area contributed by atoms with Gasteiger partial charge in [-0.15, -0.1) is 12.6 Å². The van der Waals surface area contributed by atoms with Crippen LogP contribution in [0, 0.1) is 0 Å². The van der Waals surface area contributed by atoms with Gasteiger partial charge in [-0.1, -0.05) is 12.2 Å². The lowest BCUT2D eigenvalue weighted by molar-refractivity contribution is -0.226. The third kappa shape index (κ3) is 5.77. The quantitative estimate of drug-likeness (QED) is 0.200. The Morgan fingerprint density at radius 1 is 1.11 bits per heavy atom. The molecule has 11 heteroatoms. The highest BCUT2D eigenvalue weighted by Gasteiger charge is 2.41. The van der Waals surface area contributed by atoms with E-state index in [4.69, 9.17) is 10.2 Å². The van der Waals surface area contributed by atoms with Crippen molar-refractivity contribution in [3.63, 3.8) is 0 Å². The van der Waals surface area contributed by atoms with Gasteiger partial charge in [0.05, 0.1) is 13.2 Å². The van der Waals surface area contributed by atoms with E-state index in [1.54, 1.807) is 0 Å². The van der Waals surface area contributed by atoms with Crippen molar-refractivity contribution in [3.8, 4) is 0 Å². The number of halogens is 3. The van der Waals surface area contributed by atoms with Crippen LogP contribution in [-0.2, 0) is 0 Å². The summed E-state index contributed by atoms with van der Waals surface area (Å²) in [7, 11) is 0. The number of aliphatic hydroxyl groups excluding tert-OH is 5. The zero-order valence-corrected chi connectivity index (χ0v) is 11.1. The monoisotopic (exact) mass is 325 g/mol. The Hall–Kier alpha value is -0.170. The summed E-state index contributed by atoms with van der Waals surface area (Å²) in [5.74, 6) is 0. The molecule has 0 rings (SSSR count). The van der Waals surface area contributed by atoms with Crippen LogP contribution in [-0.4, -0.2) is 78.6 Å². The second kappa shape index (κ2) is 7.57. The second-order valence-corrected chi connectivity index (χ2v) is 4.77. The molecule has 0 radical (unpaired) electrons. The SMILES string of the molecule is OCC(O)C(O)C(O)C(O)CN(C(=S)S)C(F)(F)F. The fourth-order valence-corrected chi connectivity index (χ4v) is 1.52. The summed E-state index contributed by atoms with van der Waals surface area (Å²) in [5, 5.41) is 45.5. The Morgan fingerprint density at radius 3 is 1.84 bits per heavy atom. The summed E-state index contributed by atoms with van der Waals surface area (Å²) in [4.78, 5) is -0.419. The van der Waals surface area contributed by atoms with Crippen molar-refractivity contribution in [2.45, 2.75) is 30.7 Å². The normalized spacial score (nSPS) is 18.6. The zero-order valence-electron chi connectivity index (χ0n) is 9.40. The molecule has 0 spiro atoms. The molecule has 0 aliphatic rings. The predicted octanol–water partition coefficient (Wildman–Crippen LogP) is -1.54. The summed E-state index contributed by atoms with van der Waals surface area (Å²) in [6.07, 6.45) is -12.9. The van der Waals surface area contributed by atoms with E-state index in [0.717, 1.165) is 0 Å². The van der Waals surface area contributed by atoms with Gasteiger partial charge in [0.25, 0.3) is 0 Å². The minimum absolute atomic E-state index is 0.419. The smallest absolute Gasteiger partial charge is 0.394 e. The average Bonchev–Trinajstić information content (AvgIpc) is 2.30. The van der Waals surface area contributed by atoms with E-state index in [0.29, 0.717) is 0 Å². The zero-order chi connectivity index (χ0) is 15.4. The third-order valence-electron chi connectivity index (χ3n) is 2.23. The first-order chi connectivity index (χ1) is 8.52. The molecule has 0 bridgehead atoms. The van der Waals surface area contributed by atoms with Crippen LogP contribution < -0.4 is 0 Å². The number of hydrogen-bond acceptors (Lipinski definition) is 6. The van der Waals surface area contributed by atoms with E-state index in [9.17, 15) is 28.5 Å². The number of thiocarbonyl (C=S) groups is 1. The van der Waals surface area contributed by atoms with Crippen LogP contribution in [0.4, 0.5) is 13.2 Å². The van der Waals surface area contributed by atoms with Crippen LogP contribution in [0.1, 0.15) is 0 Å². The molecular weight excluding hydrogens is 311 g/mol. The first-order valence-electron chi connectivity index (χ1n) is 4.92. The molecule has 5 N–H and O–H groups in total. The van der Waals surface area contributed by atoms with Crippen LogP contribution in [0.5, 0.6) is 0 Å². The van der Waals surface area contributed by atoms with Crippen molar-refractivity contribution in [2.24, 2.45) is 0 Å². The van der Waals surface area contributed by atoms with Gasteiger partial charge in [-0.3, -0.25) is 4.90 Å². The average molecular weight is 325 g/mol. The minimum Gasteiger partial charge on any atom is -0.394 e. The molecule has 0 heterocycles. The number of aliphatic hydroxyl groups is 5. The summed E-state index contributed by atoms with van der Waals surface area (Å²) in [6.45, 7) is -2.11. The molecule has 0 fully saturated rings. The summed E-state index contributed by atoms with van der Waals surface area (Å²) in [6, 6.07) is 0. The van der Waals surface area contributed by atoms with Crippen LogP contribution in [0.15, 0.2) is 0 Å².